The van der Waals surface area contributed by atoms with Crippen molar-refractivity contribution in [1.82, 2.24) is 0 Å². The Hall–Kier alpha value is 0.350. The van der Waals surface area contributed by atoms with Gasteiger partial charge in [-0.15, -0.1) is 0 Å². The Labute approximate surface area is 196 Å². The Morgan fingerprint density at radius 2 is 1.23 bits per heavy atom. The molecule has 0 aromatic rings. The molecule has 8 unspecified atom stereocenters. The molecular formula is C30H54S. The number of hydrogen-bond donors (Lipinski definition) is 0. The van der Waals surface area contributed by atoms with Crippen LogP contribution in [0.15, 0.2) is 0 Å². The van der Waals surface area contributed by atoms with Crippen molar-refractivity contribution in [3.05, 3.63) is 0 Å². The third kappa shape index (κ3) is 3.97. The van der Waals surface area contributed by atoms with Crippen LogP contribution in [0.5, 0.6) is 0 Å². The zero-order valence-corrected chi connectivity index (χ0v) is 22.6. The molecule has 31 heavy (non-hydrogen) atoms. The molecule has 11 atom stereocenters. The lowest BCUT2D eigenvalue weighted by atomic mass is 9.67. The summed E-state index contributed by atoms with van der Waals surface area (Å²) in [6.45, 7) is 10.4. The van der Waals surface area contributed by atoms with Crippen LogP contribution in [-0.2, 0) is 0 Å². The van der Waals surface area contributed by atoms with Gasteiger partial charge >= 0.3 is 0 Å². The number of fused-ring (bicyclic) bond motifs is 3. The van der Waals surface area contributed by atoms with Gasteiger partial charge in [-0.2, -0.15) is 0 Å². The van der Waals surface area contributed by atoms with Crippen molar-refractivity contribution in [2.24, 2.45) is 59.2 Å². The van der Waals surface area contributed by atoms with E-state index in [0.717, 1.165) is 69.7 Å². The molecule has 5 fully saturated rings. The maximum absolute atomic E-state index is 2.83. The molecular weight excluding hydrogens is 392 g/mol. The Kier molecular flexibility index (Phi) is 6.60. The number of hydrogen-bond acceptors (Lipinski definition) is 0. The summed E-state index contributed by atoms with van der Waals surface area (Å²) in [6.07, 6.45) is 24.5. The summed E-state index contributed by atoms with van der Waals surface area (Å²) in [5.41, 5.74) is 0. The fraction of sp³-hybridized carbons (Fsp3) is 1.00. The topological polar surface area (TPSA) is 0 Å². The van der Waals surface area contributed by atoms with E-state index in [1.165, 1.54) is 12.8 Å². The van der Waals surface area contributed by atoms with Crippen molar-refractivity contribution < 1.29 is 0 Å². The minimum atomic E-state index is -0.576. The zero-order chi connectivity index (χ0) is 21.9. The Morgan fingerprint density at radius 1 is 0.677 bits per heavy atom. The van der Waals surface area contributed by atoms with Crippen LogP contribution in [0.4, 0.5) is 0 Å². The molecule has 5 aliphatic carbocycles. The molecule has 0 bridgehead atoms. The van der Waals surface area contributed by atoms with Gasteiger partial charge in [-0.25, -0.2) is 10.0 Å². The van der Waals surface area contributed by atoms with Crippen molar-refractivity contribution >= 4 is 10.0 Å². The lowest BCUT2D eigenvalue weighted by Gasteiger charge is -2.54. The first-order valence-electron chi connectivity index (χ1n) is 14.5. The molecule has 1 heteroatoms. The van der Waals surface area contributed by atoms with Crippen LogP contribution < -0.4 is 0 Å². The molecule has 0 radical (unpaired) electrons. The van der Waals surface area contributed by atoms with Gasteiger partial charge in [-0.05, 0) is 114 Å². The van der Waals surface area contributed by atoms with Gasteiger partial charge in [0.25, 0.3) is 0 Å². The van der Waals surface area contributed by atoms with Gasteiger partial charge in [0.2, 0.25) is 0 Å². The van der Waals surface area contributed by atoms with E-state index in [4.69, 9.17) is 0 Å². The fourth-order valence-electron chi connectivity index (χ4n) is 10.4. The summed E-state index contributed by atoms with van der Waals surface area (Å²) in [4.78, 5) is 0. The van der Waals surface area contributed by atoms with Crippen molar-refractivity contribution in [2.45, 2.75) is 115 Å². The van der Waals surface area contributed by atoms with Gasteiger partial charge in [0.1, 0.15) is 0 Å². The molecule has 0 aliphatic heterocycles. The lowest BCUT2D eigenvalue weighted by molar-refractivity contribution is 0.114. The maximum Gasteiger partial charge on any atom is -0.00802 e. The van der Waals surface area contributed by atoms with Gasteiger partial charge in [0.05, 0.1) is 0 Å². The summed E-state index contributed by atoms with van der Waals surface area (Å²) in [6, 6.07) is 0. The number of rotatable bonds is 5. The fourth-order valence-corrected chi connectivity index (χ4v) is 14.1. The summed E-state index contributed by atoms with van der Waals surface area (Å²) in [5.74, 6) is 10.6. The maximum atomic E-state index is 2.83. The highest BCUT2D eigenvalue weighted by molar-refractivity contribution is 8.33. The molecule has 5 rings (SSSR count). The molecule has 0 nitrogen and oxygen atoms in total. The average Bonchev–Trinajstić information content (AvgIpc) is 3.47. The standard InChI is InChI=1S/C30H54S/c1-7-21-14-22-10-8-11-23(22)15-27(21)20(4)31(5,6)30-18-26(19(2)3)28-16-24-12-9-13-25(24)17-29(28)30/h19-30H,7-18H2,1-6H3/t20-,21?,22?,23?,24?,25?,26+,27?,28?,29?,30+/m0/s1. The highest BCUT2D eigenvalue weighted by atomic mass is 32.3. The smallest absolute Gasteiger partial charge is 0.00802 e. The van der Waals surface area contributed by atoms with Crippen LogP contribution in [0.3, 0.4) is 0 Å². The predicted molar refractivity (Wildman–Crippen MR) is 140 cm³/mol. The van der Waals surface area contributed by atoms with Crippen molar-refractivity contribution in [3.8, 4) is 0 Å². The van der Waals surface area contributed by atoms with Crippen LogP contribution in [0.1, 0.15) is 105 Å². The van der Waals surface area contributed by atoms with Crippen molar-refractivity contribution in [1.29, 1.82) is 0 Å². The monoisotopic (exact) mass is 446 g/mol. The molecule has 0 aromatic heterocycles. The van der Waals surface area contributed by atoms with Gasteiger partial charge in [0, 0.05) is 0 Å². The van der Waals surface area contributed by atoms with E-state index >= 15 is 0 Å². The van der Waals surface area contributed by atoms with Crippen LogP contribution in [0.25, 0.3) is 0 Å². The summed E-state index contributed by atoms with van der Waals surface area (Å²) in [5, 5.41) is 2.05. The first-order chi connectivity index (χ1) is 14.8. The summed E-state index contributed by atoms with van der Waals surface area (Å²) >= 11 is 0. The van der Waals surface area contributed by atoms with Crippen LogP contribution in [-0.4, -0.2) is 23.0 Å². The molecule has 0 amide bonds. The van der Waals surface area contributed by atoms with E-state index in [1.807, 2.05) is 0 Å². The first kappa shape index (κ1) is 23.1. The van der Waals surface area contributed by atoms with Gasteiger partial charge in [-0.1, -0.05) is 72.6 Å². The van der Waals surface area contributed by atoms with E-state index < -0.39 is 10.0 Å². The van der Waals surface area contributed by atoms with Gasteiger partial charge in [-0.3, -0.25) is 0 Å². The Morgan fingerprint density at radius 3 is 1.81 bits per heavy atom. The summed E-state index contributed by atoms with van der Waals surface area (Å²) in [7, 11) is -0.576. The van der Waals surface area contributed by atoms with E-state index in [0.29, 0.717) is 0 Å². The van der Waals surface area contributed by atoms with E-state index in [1.54, 1.807) is 64.2 Å². The second-order valence-corrected chi connectivity index (χ2v) is 18.2. The predicted octanol–water partition coefficient (Wildman–Crippen LogP) is 8.78. The van der Waals surface area contributed by atoms with E-state index in [2.05, 4.69) is 40.2 Å². The third-order valence-electron chi connectivity index (χ3n) is 12.4. The second-order valence-electron chi connectivity index (χ2n) is 13.9. The van der Waals surface area contributed by atoms with Crippen molar-refractivity contribution in [3.63, 3.8) is 0 Å². The molecule has 5 saturated carbocycles. The highest BCUT2D eigenvalue weighted by Crippen LogP contribution is 2.68. The molecule has 180 valence electrons. The van der Waals surface area contributed by atoms with Crippen LogP contribution >= 0.6 is 10.0 Å². The lowest BCUT2D eigenvalue weighted by Crippen LogP contribution is -2.42. The molecule has 0 saturated heterocycles. The minimum Gasteiger partial charge on any atom is -0.241 e. The quantitative estimate of drug-likeness (QED) is 0.396. The molecule has 0 heterocycles. The largest absolute Gasteiger partial charge is 0.241 e. The molecule has 0 N–H and O–H groups in total. The average molecular weight is 447 g/mol. The molecule has 0 aromatic carbocycles. The summed E-state index contributed by atoms with van der Waals surface area (Å²) < 4.78 is 0. The van der Waals surface area contributed by atoms with E-state index in [9.17, 15) is 0 Å². The zero-order valence-electron chi connectivity index (χ0n) is 21.8. The normalized spacial score (nSPS) is 49.0. The molecule has 0 spiro atoms. The Balaban J connectivity index is 1.38. The second kappa shape index (κ2) is 8.85. The van der Waals surface area contributed by atoms with E-state index in [-0.39, 0.29) is 0 Å². The molecule has 5 aliphatic rings. The highest BCUT2D eigenvalue weighted by Gasteiger charge is 2.55. The SMILES string of the molecule is CCC1CC2CCCC2CC1[C@H](C)S(C)(C)[C@@H]1C[C@H](C(C)C)C2CC3CCCC3CC21. The van der Waals surface area contributed by atoms with Crippen LogP contribution in [0, 0.1) is 59.2 Å². The van der Waals surface area contributed by atoms with Crippen molar-refractivity contribution in [2.75, 3.05) is 12.5 Å². The van der Waals surface area contributed by atoms with Gasteiger partial charge in [0.15, 0.2) is 0 Å². The third-order valence-corrected chi connectivity index (χ3v) is 16.7. The Bertz CT molecular complexity index is 622. The first-order valence-corrected chi connectivity index (χ1v) is 17.1. The van der Waals surface area contributed by atoms with Crippen LogP contribution in [0.2, 0.25) is 0 Å². The van der Waals surface area contributed by atoms with Gasteiger partial charge < -0.3 is 0 Å². The minimum absolute atomic E-state index is 0.576.